The monoisotopic (exact) mass is 556 g/mol. The number of carbonyl (C=O) groups excluding carboxylic acids is 1. The molecule has 5 aromatic rings. The number of carbonyl (C=O) groups is 1. The van der Waals surface area contributed by atoms with E-state index >= 15 is 0 Å². The molecule has 40 heavy (non-hydrogen) atoms. The Morgan fingerprint density at radius 1 is 0.900 bits per heavy atom. The number of aromatic nitrogens is 7. The third-order valence-corrected chi connectivity index (χ3v) is 7.59. The molecule has 2 atom stereocenters. The Morgan fingerprint density at radius 2 is 1.57 bits per heavy atom. The van der Waals surface area contributed by atoms with E-state index < -0.39 is 0 Å². The van der Waals surface area contributed by atoms with Gasteiger partial charge < -0.3 is 15.2 Å². The number of alkyl halides is 1. The molecule has 12 heteroatoms. The number of halogens is 1. The Labute approximate surface area is 236 Å². The number of hydrogen-bond donors (Lipinski definition) is 1. The van der Waals surface area contributed by atoms with Gasteiger partial charge in [-0.15, -0.1) is 16.7 Å². The highest BCUT2D eigenvalue weighted by molar-refractivity contribution is 6.27. The summed E-state index contributed by atoms with van der Waals surface area (Å²) in [5, 5.41) is 9.17. The highest BCUT2D eigenvalue weighted by Gasteiger charge is 2.35. The van der Waals surface area contributed by atoms with E-state index in [1.807, 2.05) is 44.6 Å². The summed E-state index contributed by atoms with van der Waals surface area (Å²) in [5.74, 6) is 0.314. The van der Waals surface area contributed by atoms with Gasteiger partial charge in [0.15, 0.2) is 11.5 Å². The maximum Gasteiger partial charge on any atom is 0.237 e. The lowest BCUT2D eigenvalue weighted by atomic mass is 9.91. The molecule has 2 N–H and O–H groups in total. The minimum absolute atomic E-state index is 0.00130. The third-order valence-electron chi connectivity index (χ3n) is 7.36. The van der Waals surface area contributed by atoms with E-state index in [4.69, 9.17) is 17.3 Å². The smallest absolute Gasteiger partial charge is 0.237 e. The number of nitrogen functional groups attached to an aromatic ring is 1. The molecule has 0 aliphatic carbocycles. The molecule has 0 saturated carbocycles. The first-order chi connectivity index (χ1) is 19.6. The van der Waals surface area contributed by atoms with Crippen molar-refractivity contribution in [2.75, 3.05) is 37.8 Å². The second-order valence-corrected chi connectivity index (χ2v) is 10.0. The summed E-state index contributed by atoms with van der Waals surface area (Å²) in [6.45, 7) is 3.11. The average molecular weight is 557 g/mol. The topological polar surface area (TPSA) is 124 Å². The van der Waals surface area contributed by atoms with E-state index in [1.165, 1.54) is 11.9 Å². The summed E-state index contributed by atoms with van der Waals surface area (Å²) < 4.78 is 3.84. The number of nitrogens with two attached hydrogens (primary N) is 1. The number of fused-ring (bicyclic) bond motifs is 1. The molecule has 6 rings (SSSR count). The van der Waals surface area contributed by atoms with Crippen molar-refractivity contribution in [1.29, 1.82) is 0 Å². The highest BCUT2D eigenvalue weighted by atomic mass is 35.5. The van der Waals surface area contributed by atoms with E-state index in [1.54, 1.807) is 6.33 Å². The number of hydrogen-bond acceptors (Lipinski definition) is 8. The van der Waals surface area contributed by atoms with Gasteiger partial charge in [-0.25, -0.2) is 19.6 Å². The fourth-order valence-corrected chi connectivity index (χ4v) is 5.59. The molecule has 204 valence electrons. The lowest BCUT2D eigenvalue weighted by Crippen LogP contribution is -2.51. The van der Waals surface area contributed by atoms with Crippen LogP contribution in [0.25, 0.3) is 11.2 Å². The maximum atomic E-state index is 12.3. The van der Waals surface area contributed by atoms with Crippen LogP contribution >= 0.6 is 11.6 Å². The number of amides is 1. The molecule has 4 heterocycles. The van der Waals surface area contributed by atoms with Crippen LogP contribution in [0.4, 0.5) is 5.82 Å². The second kappa shape index (κ2) is 11.4. The van der Waals surface area contributed by atoms with Gasteiger partial charge in [-0.3, -0.25) is 9.69 Å². The summed E-state index contributed by atoms with van der Waals surface area (Å²) in [6, 6.07) is 20.6. The zero-order valence-electron chi connectivity index (χ0n) is 21.8. The van der Waals surface area contributed by atoms with Crippen LogP contribution in [0.1, 0.15) is 28.9 Å². The molecule has 2 unspecified atom stereocenters. The Kier molecular flexibility index (Phi) is 7.39. The SMILES string of the molecule is Nc1ncnc2c1ncn2Cc1cn(C(c2ccccc2)C(c2ccccc2)N2CCN(C(=O)CCl)CC2)nn1. The zero-order chi connectivity index (χ0) is 27.5. The number of benzene rings is 2. The number of rotatable bonds is 8. The lowest BCUT2D eigenvalue weighted by Gasteiger charge is -2.42. The first kappa shape index (κ1) is 25.9. The number of piperazine rings is 1. The Hall–Kier alpha value is -4.35. The molecule has 2 aromatic carbocycles. The van der Waals surface area contributed by atoms with Crippen LogP contribution in [0.15, 0.2) is 79.5 Å². The quantitative estimate of drug-likeness (QED) is 0.289. The van der Waals surface area contributed by atoms with Crippen LogP contribution in [-0.2, 0) is 11.3 Å². The van der Waals surface area contributed by atoms with Gasteiger partial charge in [0.25, 0.3) is 0 Å². The first-order valence-electron chi connectivity index (χ1n) is 13.1. The van der Waals surface area contributed by atoms with Crippen molar-refractivity contribution in [1.82, 2.24) is 44.3 Å². The average Bonchev–Trinajstić information content (AvgIpc) is 3.64. The largest absolute Gasteiger partial charge is 0.382 e. The highest BCUT2D eigenvalue weighted by Crippen LogP contribution is 2.37. The van der Waals surface area contributed by atoms with Crippen molar-refractivity contribution in [3.63, 3.8) is 0 Å². The van der Waals surface area contributed by atoms with Gasteiger partial charge in [0.2, 0.25) is 5.91 Å². The zero-order valence-corrected chi connectivity index (χ0v) is 22.5. The Balaban J connectivity index is 1.36. The molecule has 1 fully saturated rings. The van der Waals surface area contributed by atoms with Gasteiger partial charge in [0, 0.05) is 26.2 Å². The summed E-state index contributed by atoms with van der Waals surface area (Å²) in [4.78, 5) is 29.3. The molecule has 1 aliphatic rings. The Morgan fingerprint density at radius 3 is 2.25 bits per heavy atom. The molecular weight excluding hydrogens is 528 g/mol. The van der Waals surface area contributed by atoms with E-state index in [-0.39, 0.29) is 23.9 Å². The summed E-state index contributed by atoms with van der Waals surface area (Å²) in [6.07, 6.45) is 5.11. The molecule has 1 aliphatic heterocycles. The molecule has 1 saturated heterocycles. The van der Waals surface area contributed by atoms with Crippen LogP contribution in [0.5, 0.6) is 0 Å². The molecular formula is C28H29ClN10O. The van der Waals surface area contributed by atoms with E-state index in [9.17, 15) is 4.79 Å². The van der Waals surface area contributed by atoms with E-state index in [2.05, 4.69) is 66.6 Å². The van der Waals surface area contributed by atoms with Crippen molar-refractivity contribution in [3.8, 4) is 0 Å². The van der Waals surface area contributed by atoms with Crippen LogP contribution in [0.3, 0.4) is 0 Å². The van der Waals surface area contributed by atoms with Crippen molar-refractivity contribution in [2.45, 2.75) is 18.6 Å². The molecule has 0 bridgehead atoms. The second-order valence-electron chi connectivity index (χ2n) is 9.75. The van der Waals surface area contributed by atoms with Gasteiger partial charge >= 0.3 is 0 Å². The number of nitrogens with zero attached hydrogens (tertiary/aromatic N) is 9. The molecule has 1 amide bonds. The summed E-state index contributed by atoms with van der Waals surface area (Å²) in [7, 11) is 0. The predicted molar refractivity (Wildman–Crippen MR) is 151 cm³/mol. The number of imidazole rings is 1. The summed E-state index contributed by atoms with van der Waals surface area (Å²) >= 11 is 5.84. The summed E-state index contributed by atoms with van der Waals surface area (Å²) in [5.41, 5.74) is 10.2. The van der Waals surface area contributed by atoms with Crippen LogP contribution in [0, 0.1) is 0 Å². The maximum absolute atomic E-state index is 12.3. The van der Waals surface area contributed by atoms with Crippen LogP contribution < -0.4 is 5.73 Å². The van der Waals surface area contributed by atoms with Crippen LogP contribution in [-0.4, -0.2) is 82.3 Å². The molecule has 0 radical (unpaired) electrons. The minimum Gasteiger partial charge on any atom is -0.382 e. The molecule has 0 spiro atoms. The Bertz CT molecular complexity index is 1580. The van der Waals surface area contributed by atoms with Gasteiger partial charge in [-0.2, -0.15) is 0 Å². The van der Waals surface area contributed by atoms with Crippen molar-refractivity contribution in [3.05, 3.63) is 96.3 Å². The minimum atomic E-state index is -0.169. The fourth-order valence-electron chi connectivity index (χ4n) is 5.42. The van der Waals surface area contributed by atoms with Crippen molar-refractivity contribution in [2.24, 2.45) is 0 Å². The standard InChI is InChI=1S/C28H29ClN10O/c29-15-23(40)36-11-13-37(14-12-36)25(20-7-3-1-4-8-20)26(21-9-5-2-6-10-21)39-17-22(34-35-39)16-38-19-33-24-27(30)31-18-32-28(24)38/h1-10,17-19,25-26H,11-16H2,(H2,30,31,32). The van der Waals surface area contributed by atoms with Crippen molar-refractivity contribution >= 4 is 34.5 Å². The van der Waals surface area contributed by atoms with Gasteiger partial charge in [-0.05, 0) is 11.1 Å². The van der Waals surface area contributed by atoms with Gasteiger partial charge in [0.05, 0.1) is 31.2 Å². The molecule has 11 nitrogen and oxygen atoms in total. The fraction of sp³-hybridized carbons (Fsp3) is 0.286. The van der Waals surface area contributed by atoms with Gasteiger partial charge in [0.1, 0.15) is 23.4 Å². The van der Waals surface area contributed by atoms with Gasteiger partial charge in [-0.1, -0.05) is 65.9 Å². The van der Waals surface area contributed by atoms with E-state index in [0.29, 0.717) is 36.6 Å². The third kappa shape index (κ3) is 5.13. The lowest BCUT2D eigenvalue weighted by molar-refractivity contribution is -0.130. The van der Waals surface area contributed by atoms with E-state index in [0.717, 1.165) is 24.3 Å². The molecule has 3 aromatic heterocycles. The van der Waals surface area contributed by atoms with Crippen molar-refractivity contribution < 1.29 is 4.79 Å². The first-order valence-corrected chi connectivity index (χ1v) is 13.7. The normalized spacial score (nSPS) is 15.8. The number of anilines is 1. The van der Waals surface area contributed by atoms with Crippen LogP contribution in [0.2, 0.25) is 0 Å². The predicted octanol–water partition coefficient (Wildman–Crippen LogP) is 2.76.